The Balaban J connectivity index is 1.67. The fraction of sp³-hybridized carbons (Fsp3) is 0.571. The second-order valence-electron chi connectivity index (χ2n) is 8.74. The monoisotopic (exact) mass is 455 g/mol. The SMILES string of the molecule is Cc1c([C@H]2CN(C)C[C@@H]2NC(=O)C(C)(C)COc2ncccc2OC(F)(F)F)cnn1C. The van der Waals surface area contributed by atoms with E-state index in [-0.39, 0.29) is 30.4 Å². The Hall–Kier alpha value is -2.82. The third-order valence-corrected chi connectivity index (χ3v) is 5.64. The molecule has 3 rings (SSSR count). The zero-order chi connectivity index (χ0) is 23.7. The number of likely N-dealkylation sites (N-methyl/N-ethyl adjacent to an activating group) is 1. The van der Waals surface area contributed by atoms with Crippen molar-refractivity contribution < 1.29 is 27.4 Å². The number of aryl methyl sites for hydroxylation is 1. The molecule has 0 aromatic carbocycles. The number of nitrogens with zero attached hydrogens (tertiary/aromatic N) is 4. The molecule has 2 aromatic rings. The molecule has 2 atom stereocenters. The van der Waals surface area contributed by atoms with Crippen LogP contribution in [0.1, 0.15) is 31.0 Å². The number of amides is 1. The number of hydrogen-bond donors (Lipinski definition) is 1. The predicted molar refractivity (Wildman–Crippen MR) is 110 cm³/mol. The van der Waals surface area contributed by atoms with E-state index in [0.29, 0.717) is 6.54 Å². The van der Waals surface area contributed by atoms with Crippen LogP contribution in [0, 0.1) is 12.3 Å². The van der Waals surface area contributed by atoms with Crippen LogP contribution in [0.5, 0.6) is 11.6 Å². The van der Waals surface area contributed by atoms with Crippen molar-refractivity contribution in [2.24, 2.45) is 12.5 Å². The minimum absolute atomic E-state index is 0.0805. The molecule has 1 aliphatic heterocycles. The van der Waals surface area contributed by atoms with E-state index in [1.807, 2.05) is 27.2 Å². The number of ether oxygens (including phenoxy) is 2. The van der Waals surface area contributed by atoms with Crippen LogP contribution < -0.4 is 14.8 Å². The van der Waals surface area contributed by atoms with Crippen LogP contribution >= 0.6 is 0 Å². The highest BCUT2D eigenvalue weighted by atomic mass is 19.4. The number of likely N-dealkylation sites (tertiary alicyclic amines) is 1. The van der Waals surface area contributed by atoms with Crippen molar-refractivity contribution >= 4 is 5.91 Å². The van der Waals surface area contributed by atoms with E-state index in [1.165, 1.54) is 12.3 Å². The van der Waals surface area contributed by atoms with E-state index >= 15 is 0 Å². The summed E-state index contributed by atoms with van der Waals surface area (Å²) in [6, 6.07) is 2.29. The molecule has 0 unspecified atom stereocenters. The van der Waals surface area contributed by atoms with Gasteiger partial charge in [0, 0.05) is 44.0 Å². The Labute approximate surface area is 184 Å². The molecular formula is C21H28F3N5O3. The molecule has 1 fully saturated rings. The first-order chi connectivity index (χ1) is 14.9. The topological polar surface area (TPSA) is 81.5 Å². The third-order valence-electron chi connectivity index (χ3n) is 5.64. The van der Waals surface area contributed by atoms with Crippen LogP contribution in [-0.4, -0.2) is 64.7 Å². The van der Waals surface area contributed by atoms with E-state index < -0.39 is 17.5 Å². The van der Waals surface area contributed by atoms with E-state index in [1.54, 1.807) is 18.5 Å². The molecule has 0 radical (unpaired) electrons. The van der Waals surface area contributed by atoms with Gasteiger partial charge in [-0.3, -0.25) is 9.48 Å². The summed E-state index contributed by atoms with van der Waals surface area (Å²) in [5.74, 6) is -1.06. The van der Waals surface area contributed by atoms with Crippen LogP contribution in [0.25, 0.3) is 0 Å². The van der Waals surface area contributed by atoms with Crippen molar-refractivity contribution in [2.45, 2.75) is 39.1 Å². The number of aromatic nitrogens is 3. The van der Waals surface area contributed by atoms with E-state index in [2.05, 4.69) is 25.0 Å². The number of carbonyl (C=O) groups excluding carboxylic acids is 1. The molecule has 0 aliphatic carbocycles. The number of nitrogens with one attached hydrogen (secondary N) is 1. The van der Waals surface area contributed by atoms with Gasteiger partial charge in [-0.15, -0.1) is 13.2 Å². The summed E-state index contributed by atoms with van der Waals surface area (Å²) >= 11 is 0. The van der Waals surface area contributed by atoms with Gasteiger partial charge in [0.15, 0.2) is 5.75 Å². The standard InChI is InChI=1S/C21H28F3N5O3/c1-13-14(9-26-29(13)5)15-10-28(4)11-16(15)27-19(30)20(2,3)12-31-18-17(7-6-8-25-18)32-21(22,23)24/h6-9,15-16H,10-12H2,1-5H3,(H,27,30)/t15-,16+/m1/s1. The maximum atomic E-state index is 13.1. The van der Waals surface area contributed by atoms with Crippen LogP contribution in [0.2, 0.25) is 0 Å². The van der Waals surface area contributed by atoms with Crippen molar-refractivity contribution in [1.29, 1.82) is 0 Å². The largest absolute Gasteiger partial charge is 0.573 e. The molecule has 11 heteroatoms. The normalized spacial score (nSPS) is 19.8. The van der Waals surface area contributed by atoms with Gasteiger partial charge in [-0.25, -0.2) is 4.98 Å². The lowest BCUT2D eigenvalue weighted by Gasteiger charge is -2.28. The summed E-state index contributed by atoms with van der Waals surface area (Å²) in [7, 11) is 3.86. The number of carbonyl (C=O) groups is 1. The van der Waals surface area contributed by atoms with Crippen LogP contribution in [0.4, 0.5) is 13.2 Å². The van der Waals surface area contributed by atoms with Gasteiger partial charge in [0.2, 0.25) is 5.91 Å². The minimum Gasteiger partial charge on any atom is -0.474 e. The Bertz CT molecular complexity index is 960. The lowest BCUT2D eigenvalue weighted by atomic mass is 9.90. The molecule has 0 bridgehead atoms. The number of pyridine rings is 1. The van der Waals surface area contributed by atoms with Gasteiger partial charge >= 0.3 is 6.36 Å². The lowest BCUT2D eigenvalue weighted by Crippen LogP contribution is -2.48. The number of hydrogen-bond acceptors (Lipinski definition) is 6. The molecule has 0 saturated carbocycles. The second kappa shape index (κ2) is 8.97. The predicted octanol–water partition coefficient (Wildman–Crippen LogP) is 2.64. The zero-order valence-corrected chi connectivity index (χ0v) is 18.7. The lowest BCUT2D eigenvalue weighted by molar-refractivity contribution is -0.275. The van der Waals surface area contributed by atoms with E-state index in [4.69, 9.17) is 4.74 Å². The van der Waals surface area contributed by atoms with Crippen molar-refractivity contribution in [3.8, 4) is 11.6 Å². The molecular weight excluding hydrogens is 427 g/mol. The van der Waals surface area contributed by atoms with Crippen molar-refractivity contribution in [2.75, 3.05) is 26.7 Å². The van der Waals surface area contributed by atoms with Crippen LogP contribution in [0.3, 0.4) is 0 Å². The summed E-state index contributed by atoms with van der Waals surface area (Å²) < 4.78 is 49.1. The smallest absolute Gasteiger partial charge is 0.474 e. The first-order valence-corrected chi connectivity index (χ1v) is 10.2. The van der Waals surface area contributed by atoms with Gasteiger partial charge in [-0.05, 0) is 45.5 Å². The van der Waals surface area contributed by atoms with Gasteiger partial charge in [0.25, 0.3) is 5.88 Å². The highest BCUT2D eigenvalue weighted by Crippen LogP contribution is 2.32. The second-order valence-corrected chi connectivity index (χ2v) is 8.74. The fourth-order valence-corrected chi connectivity index (χ4v) is 3.71. The summed E-state index contributed by atoms with van der Waals surface area (Å²) in [6.07, 6.45) is -1.75. The van der Waals surface area contributed by atoms with Crippen molar-refractivity contribution in [3.05, 3.63) is 35.8 Å². The molecule has 0 spiro atoms. The van der Waals surface area contributed by atoms with Gasteiger partial charge in [-0.2, -0.15) is 5.10 Å². The molecule has 1 amide bonds. The molecule has 2 aromatic heterocycles. The van der Waals surface area contributed by atoms with E-state index in [0.717, 1.165) is 23.9 Å². The van der Waals surface area contributed by atoms with Gasteiger partial charge < -0.3 is 19.7 Å². The van der Waals surface area contributed by atoms with Crippen molar-refractivity contribution in [3.63, 3.8) is 0 Å². The molecule has 1 N–H and O–H groups in total. The molecule has 8 nitrogen and oxygen atoms in total. The summed E-state index contributed by atoms with van der Waals surface area (Å²) in [5, 5.41) is 7.41. The van der Waals surface area contributed by atoms with Crippen LogP contribution in [-0.2, 0) is 11.8 Å². The summed E-state index contributed by atoms with van der Waals surface area (Å²) in [5.41, 5.74) is 1.10. The maximum Gasteiger partial charge on any atom is 0.573 e. The Morgan fingerprint density at radius 1 is 1.28 bits per heavy atom. The molecule has 1 saturated heterocycles. The average molecular weight is 455 g/mol. The number of rotatable bonds is 7. The fourth-order valence-electron chi connectivity index (χ4n) is 3.71. The van der Waals surface area contributed by atoms with E-state index in [9.17, 15) is 18.0 Å². The van der Waals surface area contributed by atoms with Crippen LogP contribution in [0.15, 0.2) is 24.5 Å². The molecule has 1 aliphatic rings. The average Bonchev–Trinajstić information content (AvgIpc) is 3.21. The maximum absolute atomic E-state index is 13.1. The van der Waals surface area contributed by atoms with Crippen molar-refractivity contribution in [1.82, 2.24) is 25.0 Å². The molecule has 3 heterocycles. The minimum atomic E-state index is -4.87. The Kier molecular flexibility index (Phi) is 6.68. The highest BCUT2D eigenvalue weighted by molar-refractivity contribution is 5.82. The number of halogens is 3. The first-order valence-electron chi connectivity index (χ1n) is 10.2. The molecule has 176 valence electrons. The zero-order valence-electron chi connectivity index (χ0n) is 18.7. The van der Waals surface area contributed by atoms with Gasteiger partial charge in [0.05, 0.1) is 11.6 Å². The quantitative estimate of drug-likeness (QED) is 0.692. The molecule has 32 heavy (non-hydrogen) atoms. The number of alkyl halides is 3. The van der Waals surface area contributed by atoms with Gasteiger partial charge in [0.1, 0.15) is 6.61 Å². The summed E-state index contributed by atoms with van der Waals surface area (Å²) in [4.78, 5) is 19.0. The highest BCUT2D eigenvalue weighted by Gasteiger charge is 2.39. The first kappa shape index (κ1) is 23.8. The Morgan fingerprint density at radius 3 is 2.62 bits per heavy atom. The Morgan fingerprint density at radius 2 is 2.00 bits per heavy atom. The summed E-state index contributed by atoms with van der Waals surface area (Å²) in [6.45, 7) is 6.59. The third kappa shape index (κ3) is 5.50. The van der Waals surface area contributed by atoms with Gasteiger partial charge in [-0.1, -0.05) is 0 Å².